The Kier molecular flexibility index (Phi) is 7.73. The molecule has 138 valence electrons. The normalized spacial score (nSPS) is 12.0. The molecule has 2 aromatic carbocycles. The van der Waals surface area contributed by atoms with Crippen LogP contribution in [0.4, 0.5) is 0 Å². The average Bonchev–Trinajstić information content (AvgIpc) is 2.60. The third-order valence-electron chi connectivity index (χ3n) is 3.86. The van der Waals surface area contributed by atoms with E-state index in [1.807, 2.05) is 54.6 Å². The minimum Gasteiger partial charge on any atom is -0.481 e. The van der Waals surface area contributed by atoms with Gasteiger partial charge in [-0.2, -0.15) is 0 Å². The van der Waals surface area contributed by atoms with Crippen molar-refractivity contribution < 1.29 is 14.7 Å². The molecular formula is C21H25NO3S. The number of nitrogens with one attached hydrogen (secondary N) is 1. The molecule has 1 atom stereocenters. The number of hydrogen-bond acceptors (Lipinski definition) is 3. The van der Waals surface area contributed by atoms with Gasteiger partial charge in [0, 0.05) is 22.6 Å². The average molecular weight is 372 g/mol. The van der Waals surface area contributed by atoms with E-state index in [0.29, 0.717) is 23.7 Å². The number of amides is 1. The molecule has 0 bridgehead atoms. The van der Waals surface area contributed by atoms with Crippen molar-refractivity contribution in [2.75, 3.05) is 0 Å². The van der Waals surface area contributed by atoms with E-state index in [1.165, 1.54) is 0 Å². The number of thioether (sulfide) groups is 1. The van der Waals surface area contributed by atoms with Crippen LogP contribution < -0.4 is 5.32 Å². The van der Waals surface area contributed by atoms with E-state index >= 15 is 0 Å². The van der Waals surface area contributed by atoms with Gasteiger partial charge in [-0.1, -0.05) is 56.3 Å². The first kappa shape index (κ1) is 20.0. The van der Waals surface area contributed by atoms with Crippen LogP contribution in [0.25, 0.3) is 0 Å². The standard InChI is InChI=1S/C21H25NO3S/c1-15(2)26-19-11-7-6-10-18(19)21(25)22-17(12-13-20(23)24)14-16-8-4-3-5-9-16/h3-11,15,17H,12-14H2,1-2H3,(H,22,25)(H,23,24). The van der Waals surface area contributed by atoms with Crippen LogP contribution in [-0.4, -0.2) is 28.3 Å². The van der Waals surface area contributed by atoms with Crippen molar-refractivity contribution in [3.8, 4) is 0 Å². The maximum atomic E-state index is 12.8. The van der Waals surface area contributed by atoms with E-state index in [2.05, 4.69) is 19.2 Å². The highest BCUT2D eigenvalue weighted by molar-refractivity contribution is 8.00. The third kappa shape index (κ3) is 6.56. The molecule has 0 aliphatic carbocycles. The number of benzene rings is 2. The number of carbonyl (C=O) groups is 2. The van der Waals surface area contributed by atoms with Gasteiger partial charge in [-0.15, -0.1) is 11.8 Å². The fourth-order valence-corrected chi connectivity index (χ4v) is 3.65. The summed E-state index contributed by atoms with van der Waals surface area (Å²) in [5, 5.41) is 12.4. The van der Waals surface area contributed by atoms with Gasteiger partial charge in [-0.05, 0) is 30.5 Å². The molecule has 0 spiro atoms. The summed E-state index contributed by atoms with van der Waals surface area (Å²) in [7, 11) is 0. The summed E-state index contributed by atoms with van der Waals surface area (Å²) in [4.78, 5) is 24.7. The number of aliphatic carboxylic acids is 1. The predicted molar refractivity (Wildman–Crippen MR) is 106 cm³/mol. The lowest BCUT2D eigenvalue weighted by Gasteiger charge is -2.19. The second kappa shape index (κ2) is 10.0. The van der Waals surface area contributed by atoms with Gasteiger partial charge in [0.15, 0.2) is 0 Å². The zero-order valence-corrected chi connectivity index (χ0v) is 16.0. The first-order valence-corrected chi connectivity index (χ1v) is 9.66. The van der Waals surface area contributed by atoms with Crippen molar-refractivity contribution in [2.45, 2.75) is 49.3 Å². The van der Waals surface area contributed by atoms with Crippen molar-refractivity contribution in [2.24, 2.45) is 0 Å². The molecule has 0 aromatic heterocycles. The van der Waals surface area contributed by atoms with Crippen LogP contribution in [0.5, 0.6) is 0 Å². The molecule has 2 rings (SSSR count). The summed E-state index contributed by atoms with van der Waals surface area (Å²) in [5.74, 6) is -1.01. The molecule has 2 aromatic rings. The number of carboxylic acid groups (broad SMARTS) is 1. The highest BCUT2D eigenvalue weighted by atomic mass is 32.2. The van der Waals surface area contributed by atoms with E-state index in [0.717, 1.165) is 10.5 Å². The molecular weight excluding hydrogens is 346 g/mol. The first-order chi connectivity index (χ1) is 12.5. The van der Waals surface area contributed by atoms with E-state index in [9.17, 15) is 9.59 Å². The second-order valence-corrected chi connectivity index (χ2v) is 8.07. The van der Waals surface area contributed by atoms with Gasteiger partial charge in [0.05, 0.1) is 5.56 Å². The van der Waals surface area contributed by atoms with Crippen LogP contribution in [0.2, 0.25) is 0 Å². The van der Waals surface area contributed by atoms with Crippen LogP contribution >= 0.6 is 11.8 Å². The van der Waals surface area contributed by atoms with Gasteiger partial charge in [-0.25, -0.2) is 0 Å². The Morgan fingerprint density at radius 1 is 1.04 bits per heavy atom. The summed E-state index contributed by atoms with van der Waals surface area (Å²) in [5.41, 5.74) is 1.72. The summed E-state index contributed by atoms with van der Waals surface area (Å²) in [6.07, 6.45) is 1.04. The van der Waals surface area contributed by atoms with Gasteiger partial charge in [-0.3, -0.25) is 9.59 Å². The van der Waals surface area contributed by atoms with Crippen molar-refractivity contribution in [1.82, 2.24) is 5.32 Å². The summed E-state index contributed by atoms with van der Waals surface area (Å²) >= 11 is 1.65. The SMILES string of the molecule is CC(C)Sc1ccccc1C(=O)NC(CCC(=O)O)Cc1ccccc1. The molecule has 0 fully saturated rings. The Labute approximate surface area is 159 Å². The number of carbonyl (C=O) groups excluding carboxylic acids is 1. The lowest BCUT2D eigenvalue weighted by atomic mass is 10.0. The zero-order valence-electron chi connectivity index (χ0n) is 15.1. The van der Waals surface area contributed by atoms with Gasteiger partial charge < -0.3 is 10.4 Å². The van der Waals surface area contributed by atoms with E-state index in [-0.39, 0.29) is 18.4 Å². The quantitative estimate of drug-likeness (QED) is 0.642. The molecule has 26 heavy (non-hydrogen) atoms. The molecule has 1 unspecified atom stereocenters. The fourth-order valence-electron chi connectivity index (χ4n) is 2.70. The predicted octanol–water partition coefficient (Wildman–Crippen LogP) is 4.39. The topological polar surface area (TPSA) is 66.4 Å². The molecule has 4 nitrogen and oxygen atoms in total. The smallest absolute Gasteiger partial charge is 0.303 e. The molecule has 0 saturated heterocycles. The largest absolute Gasteiger partial charge is 0.481 e. The van der Waals surface area contributed by atoms with Gasteiger partial charge in [0.2, 0.25) is 0 Å². The van der Waals surface area contributed by atoms with E-state index in [1.54, 1.807) is 11.8 Å². The van der Waals surface area contributed by atoms with Crippen LogP contribution in [-0.2, 0) is 11.2 Å². The van der Waals surface area contributed by atoms with E-state index in [4.69, 9.17) is 5.11 Å². The highest BCUT2D eigenvalue weighted by Crippen LogP contribution is 2.26. The second-order valence-electron chi connectivity index (χ2n) is 6.46. The monoisotopic (exact) mass is 371 g/mol. The van der Waals surface area contributed by atoms with Gasteiger partial charge >= 0.3 is 5.97 Å². The summed E-state index contributed by atoms with van der Waals surface area (Å²) in [6.45, 7) is 4.18. The third-order valence-corrected chi connectivity index (χ3v) is 4.94. The summed E-state index contributed by atoms with van der Waals surface area (Å²) < 4.78 is 0. The molecule has 0 radical (unpaired) electrons. The maximum absolute atomic E-state index is 12.8. The first-order valence-electron chi connectivity index (χ1n) is 8.78. The molecule has 0 saturated carbocycles. The van der Waals surface area contributed by atoms with Crippen molar-refractivity contribution in [1.29, 1.82) is 0 Å². The van der Waals surface area contributed by atoms with Crippen LogP contribution in [0, 0.1) is 0 Å². The molecule has 2 N–H and O–H groups in total. The minimum atomic E-state index is -0.854. The van der Waals surface area contributed by atoms with Crippen LogP contribution in [0.15, 0.2) is 59.5 Å². The molecule has 1 amide bonds. The van der Waals surface area contributed by atoms with Crippen molar-refractivity contribution in [3.05, 3.63) is 65.7 Å². The number of rotatable bonds is 9. The molecule has 0 aliphatic rings. The van der Waals surface area contributed by atoms with Crippen LogP contribution in [0.1, 0.15) is 42.6 Å². The lowest BCUT2D eigenvalue weighted by Crippen LogP contribution is -2.37. The number of carboxylic acids is 1. The zero-order chi connectivity index (χ0) is 18.9. The minimum absolute atomic E-state index is 0.0279. The molecule has 0 aliphatic heterocycles. The highest BCUT2D eigenvalue weighted by Gasteiger charge is 2.18. The molecule has 5 heteroatoms. The fraction of sp³-hybridized carbons (Fsp3) is 0.333. The summed E-state index contributed by atoms with van der Waals surface area (Å²) in [6, 6.07) is 17.1. The van der Waals surface area contributed by atoms with Crippen LogP contribution in [0.3, 0.4) is 0 Å². The maximum Gasteiger partial charge on any atom is 0.303 e. The van der Waals surface area contributed by atoms with Gasteiger partial charge in [0.25, 0.3) is 5.91 Å². The van der Waals surface area contributed by atoms with E-state index < -0.39 is 5.97 Å². The van der Waals surface area contributed by atoms with Crippen molar-refractivity contribution in [3.63, 3.8) is 0 Å². The Balaban J connectivity index is 2.13. The molecule has 0 heterocycles. The Hall–Kier alpha value is -2.27. The Morgan fingerprint density at radius 3 is 2.35 bits per heavy atom. The number of hydrogen-bond donors (Lipinski definition) is 2. The Bertz CT molecular complexity index is 731. The van der Waals surface area contributed by atoms with Gasteiger partial charge in [0.1, 0.15) is 0 Å². The lowest BCUT2D eigenvalue weighted by molar-refractivity contribution is -0.137. The Morgan fingerprint density at radius 2 is 1.69 bits per heavy atom. The van der Waals surface area contributed by atoms with Crippen molar-refractivity contribution >= 4 is 23.6 Å².